The van der Waals surface area contributed by atoms with Gasteiger partial charge in [-0.15, -0.1) is 0 Å². The number of benzene rings is 3. The molecule has 5 aromatic rings. The van der Waals surface area contributed by atoms with Gasteiger partial charge >= 0.3 is 6.08 Å². The maximum Gasteiger partial charge on any atom is 0.400 e. The van der Waals surface area contributed by atoms with Crippen molar-refractivity contribution in [3.63, 3.8) is 0 Å². The van der Waals surface area contributed by atoms with E-state index >= 15 is 0 Å². The molecule has 0 fully saturated rings. The van der Waals surface area contributed by atoms with Crippen molar-refractivity contribution in [1.82, 2.24) is 9.97 Å². The molecule has 0 bridgehead atoms. The number of amides is 1. The highest BCUT2D eigenvalue weighted by Crippen LogP contribution is 2.32. The van der Waals surface area contributed by atoms with E-state index < -0.39 is 6.10 Å². The molecule has 0 unspecified atom stereocenters. The van der Waals surface area contributed by atoms with E-state index in [1.54, 1.807) is 63.5 Å². The topological polar surface area (TPSA) is 86.9 Å². The molecule has 1 amide bonds. The fourth-order valence-electron chi connectivity index (χ4n) is 3.39. The number of nitrogens with zero attached hydrogens (tertiary/aromatic N) is 3. The molecule has 0 N–H and O–H groups in total. The molecule has 0 spiro atoms. The van der Waals surface area contributed by atoms with Gasteiger partial charge in [-0.25, -0.2) is 4.98 Å². The molecule has 0 aliphatic carbocycles. The molecular formula is C25H20ClN3O5S. The van der Waals surface area contributed by atoms with Crippen LogP contribution in [0, 0.1) is 0 Å². The number of carbonyl (C=O) groups excluding carboxylic acids is 1. The van der Waals surface area contributed by atoms with Crippen LogP contribution in [0.25, 0.3) is 21.3 Å². The zero-order chi connectivity index (χ0) is 24.5. The molecule has 2 heterocycles. The average molecular weight is 510 g/mol. The van der Waals surface area contributed by atoms with Crippen LogP contribution in [0.5, 0.6) is 23.3 Å². The number of anilines is 1. The number of hydrogen-bond acceptors (Lipinski definition) is 8. The Balaban J connectivity index is 1.23. The molecule has 10 heteroatoms. The fourth-order valence-corrected chi connectivity index (χ4v) is 4.52. The Morgan fingerprint density at radius 3 is 2.49 bits per heavy atom. The van der Waals surface area contributed by atoms with E-state index in [2.05, 4.69) is 9.97 Å². The summed E-state index contributed by atoms with van der Waals surface area (Å²) in [7, 11) is 3.30. The lowest BCUT2D eigenvalue weighted by Crippen LogP contribution is -2.37. The summed E-state index contributed by atoms with van der Waals surface area (Å²) < 4.78 is 23.3. The lowest BCUT2D eigenvalue weighted by Gasteiger charge is -2.20. The number of thiazole rings is 1. The van der Waals surface area contributed by atoms with Crippen molar-refractivity contribution in [3.05, 3.63) is 65.7 Å². The van der Waals surface area contributed by atoms with Crippen LogP contribution in [-0.4, -0.2) is 36.1 Å². The van der Waals surface area contributed by atoms with Gasteiger partial charge in [0.2, 0.25) is 0 Å². The second-order valence-corrected chi connectivity index (χ2v) is 9.10. The van der Waals surface area contributed by atoms with Crippen molar-refractivity contribution >= 4 is 55.3 Å². The van der Waals surface area contributed by atoms with Crippen LogP contribution < -0.4 is 19.1 Å². The second kappa shape index (κ2) is 9.44. The summed E-state index contributed by atoms with van der Waals surface area (Å²) in [5.74, 6) is 1.55. The third-order valence-corrected chi connectivity index (χ3v) is 6.55. The number of methoxy groups -OCH3 is 1. The third-order valence-electron chi connectivity index (χ3n) is 5.22. The highest BCUT2D eigenvalue weighted by Gasteiger charge is 2.23. The number of ether oxygens (including phenoxy) is 3. The van der Waals surface area contributed by atoms with Gasteiger partial charge in [0.05, 0.1) is 17.3 Å². The van der Waals surface area contributed by atoms with Crippen LogP contribution >= 0.6 is 22.9 Å². The summed E-state index contributed by atoms with van der Waals surface area (Å²) in [6.07, 6.45) is -0.621. The molecule has 5 rings (SSSR count). The van der Waals surface area contributed by atoms with Gasteiger partial charge in [-0.2, -0.15) is 4.98 Å². The van der Waals surface area contributed by atoms with Gasteiger partial charge in [-0.05, 0) is 61.5 Å². The molecule has 2 aromatic heterocycles. The first-order valence-corrected chi connectivity index (χ1v) is 11.8. The van der Waals surface area contributed by atoms with E-state index in [0.717, 1.165) is 16.0 Å². The largest absolute Gasteiger partial charge is 0.497 e. The summed E-state index contributed by atoms with van der Waals surface area (Å²) in [6, 6.07) is 17.6. The first-order chi connectivity index (χ1) is 16.9. The zero-order valence-electron chi connectivity index (χ0n) is 19.0. The molecule has 0 aliphatic rings. The van der Waals surface area contributed by atoms with Gasteiger partial charge in [0.25, 0.3) is 5.91 Å². The van der Waals surface area contributed by atoms with Crippen LogP contribution in [0.15, 0.2) is 65.1 Å². The van der Waals surface area contributed by atoms with Crippen LogP contribution in [-0.2, 0) is 4.79 Å². The molecular weight excluding hydrogens is 490 g/mol. The van der Waals surface area contributed by atoms with Crippen molar-refractivity contribution < 1.29 is 23.4 Å². The monoisotopic (exact) mass is 509 g/mol. The first kappa shape index (κ1) is 22.9. The van der Waals surface area contributed by atoms with Gasteiger partial charge in [-0.3, -0.25) is 9.69 Å². The Morgan fingerprint density at radius 2 is 1.71 bits per heavy atom. The van der Waals surface area contributed by atoms with Crippen LogP contribution in [0.2, 0.25) is 5.02 Å². The first-order valence-electron chi connectivity index (χ1n) is 10.6. The minimum Gasteiger partial charge on any atom is -0.497 e. The molecule has 3 aromatic carbocycles. The van der Waals surface area contributed by atoms with Crippen LogP contribution in [0.4, 0.5) is 5.13 Å². The summed E-state index contributed by atoms with van der Waals surface area (Å²) in [6.45, 7) is 1.70. The number of hydrogen-bond donors (Lipinski definition) is 0. The third kappa shape index (κ3) is 4.87. The number of rotatable bonds is 7. The summed E-state index contributed by atoms with van der Waals surface area (Å²) in [5.41, 5.74) is 1.99. The highest BCUT2D eigenvalue weighted by molar-refractivity contribution is 7.22. The number of fused-ring (bicyclic) bond motifs is 2. The number of aromatic nitrogens is 2. The van der Waals surface area contributed by atoms with Crippen molar-refractivity contribution in [2.45, 2.75) is 13.0 Å². The summed E-state index contributed by atoms with van der Waals surface area (Å²) in [5, 5.41) is 1.14. The zero-order valence-corrected chi connectivity index (χ0v) is 20.6. The SMILES string of the molecule is COc1ccc2nc(N(C)C(=O)[C@@H](C)Oc3ccc(Oc4nc5ccc(Cl)cc5o4)cc3)sc2c1. The van der Waals surface area contributed by atoms with Gasteiger partial charge in [0.15, 0.2) is 16.8 Å². The normalized spacial score (nSPS) is 12.0. The smallest absolute Gasteiger partial charge is 0.400 e. The number of oxazole rings is 1. The van der Waals surface area contributed by atoms with Crippen LogP contribution in [0.1, 0.15) is 6.92 Å². The highest BCUT2D eigenvalue weighted by atomic mass is 35.5. The number of likely N-dealkylation sites (N-methyl/N-ethyl adjacent to an activating group) is 1. The van der Waals surface area contributed by atoms with E-state index in [1.807, 2.05) is 18.2 Å². The lowest BCUT2D eigenvalue weighted by molar-refractivity contribution is -0.124. The van der Waals surface area contributed by atoms with E-state index in [0.29, 0.717) is 32.8 Å². The predicted molar refractivity (Wildman–Crippen MR) is 135 cm³/mol. The maximum atomic E-state index is 13.0. The Morgan fingerprint density at radius 1 is 1.00 bits per heavy atom. The van der Waals surface area contributed by atoms with Crippen molar-refractivity contribution in [3.8, 4) is 23.3 Å². The van der Waals surface area contributed by atoms with Crippen molar-refractivity contribution in [1.29, 1.82) is 0 Å². The molecule has 0 radical (unpaired) electrons. The molecule has 8 nitrogen and oxygen atoms in total. The second-order valence-electron chi connectivity index (χ2n) is 7.65. The fraction of sp³-hybridized carbons (Fsp3) is 0.160. The minimum atomic E-state index is -0.727. The maximum absolute atomic E-state index is 13.0. The van der Waals surface area contributed by atoms with Gasteiger partial charge in [0.1, 0.15) is 22.8 Å². The van der Waals surface area contributed by atoms with E-state index in [1.165, 1.54) is 16.2 Å². The molecule has 0 aliphatic heterocycles. The standard InChI is InChI=1S/C25H20ClN3O5S/c1-14(23(30)29(2)24-27-20-11-9-18(31-3)13-22(20)35-24)32-16-5-7-17(8-6-16)33-25-28-19-10-4-15(26)12-21(19)34-25/h4-14H,1-3H3/t14-/m1/s1. The molecule has 0 saturated carbocycles. The van der Waals surface area contributed by atoms with E-state index in [-0.39, 0.29) is 12.0 Å². The number of carbonyl (C=O) groups is 1. The van der Waals surface area contributed by atoms with Gasteiger partial charge < -0.3 is 18.6 Å². The average Bonchev–Trinajstić information content (AvgIpc) is 3.46. The van der Waals surface area contributed by atoms with Crippen LogP contribution in [0.3, 0.4) is 0 Å². The Labute approximate surface area is 209 Å². The molecule has 0 saturated heterocycles. The Kier molecular flexibility index (Phi) is 6.19. The Bertz CT molecular complexity index is 1520. The summed E-state index contributed by atoms with van der Waals surface area (Å²) >= 11 is 7.39. The quantitative estimate of drug-likeness (QED) is 0.253. The van der Waals surface area contributed by atoms with Gasteiger partial charge in [-0.1, -0.05) is 22.9 Å². The molecule has 35 heavy (non-hydrogen) atoms. The number of halogens is 1. The summed E-state index contributed by atoms with van der Waals surface area (Å²) in [4.78, 5) is 23.3. The van der Waals surface area contributed by atoms with E-state index in [9.17, 15) is 4.79 Å². The predicted octanol–water partition coefficient (Wildman–Crippen LogP) is 6.32. The Hall–Kier alpha value is -3.82. The lowest BCUT2D eigenvalue weighted by atomic mass is 10.3. The van der Waals surface area contributed by atoms with Crippen molar-refractivity contribution in [2.24, 2.45) is 0 Å². The van der Waals surface area contributed by atoms with E-state index in [4.69, 9.17) is 30.2 Å². The minimum absolute atomic E-state index is 0.106. The molecule has 1 atom stereocenters. The van der Waals surface area contributed by atoms with Crippen molar-refractivity contribution in [2.75, 3.05) is 19.1 Å². The molecule has 178 valence electrons. The van der Waals surface area contributed by atoms with Gasteiger partial charge in [0, 0.05) is 18.1 Å².